The fraction of sp³-hybridized carbons (Fsp3) is 0. The van der Waals surface area contributed by atoms with Crippen LogP contribution in [0.5, 0.6) is 0 Å². The normalized spacial score (nSPS) is 10.5. The van der Waals surface area contributed by atoms with Crippen molar-refractivity contribution in [1.82, 2.24) is 0 Å². The van der Waals surface area contributed by atoms with Crippen LogP contribution in [0.4, 0.5) is 11.4 Å². The van der Waals surface area contributed by atoms with Crippen LogP contribution in [0, 0.1) is 4.91 Å². The van der Waals surface area contributed by atoms with Crippen molar-refractivity contribution in [3.05, 3.63) is 64.6 Å². The molecule has 2 N–H and O–H groups in total. The summed E-state index contributed by atoms with van der Waals surface area (Å²) >= 11 is 0. The predicted molar refractivity (Wildman–Crippen MR) is 74.1 cm³/mol. The molecule has 0 heterocycles. The second kappa shape index (κ2) is 5.68. The Labute approximate surface area is 109 Å². The molecule has 0 radical (unpaired) electrons. The molecule has 0 saturated carbocycles. The number of nitroso groups, excluding NO2 is 1. The van der Waals surface area contributed by atoms with E-state index >= 15 is 0 Å². The summed E-state index contributed by atoms with van der Waals surface area (Å²) in [5, 5.41) is 2.85. The Morgan fingerprint density at radius 1 is 1.11 bits per heavy atom. The van der Waals surface area contributed by atoms with Gasteiger partial charge in [-0.1, -0.05) is 24.3 Å². The topological polar surface area (TPSA) is 84.9 Å². The molecule has 0 unspecified atom stereocenters. The third-order valence-electron chi connectivity index (χ3n) is 2.50. The van der Waals surface area contributed by atoms with Gasteiger partial charge in [0.15, 0.2) is 0 Å². The number of hydrogen-bond acceptors (Lipinski definition) is 4. The molecule has 0 bridgehead atoms. The molecule has 2 aromatic carbocycles. The maximum Gasteiger partial charge on any atom is 0.250 e. The van der Waals surface area contributed by atoms with Crippen molar-refractivity contribution in [2.75, 3.05) is 0 Å². The second-order valence-corrected chi connectivity index (χ2v) is 3.83. The zero-order valence-corrected chi connectivity index (χ0v) is 9.98. The van der Waals surface area contributed by atoms with E-state index < -0.39 is 5.91 Å². The summed E-state index contributed by atoms with van der Waals surface area (Å²) in [5.41, 5.74) is 7.14. The standard InChI is InChI=1S/C14H11N3O2/c15-14(18)12-6-1-2-7-13(12)16-9-10-4-3-5-11(8-10)17-19/h1-9H,(H2,15,18). The molecule has 0 aliphatic rings. The van der Waals surface area contributed by atoms with Crippen LogP contribution in [0.1, 0.15) is 15.9 Å². The van der Waals surface area contributed by atoms with Crippen LogP contribution in [0.15, 0.2) is 58.7 Å². The van der Waals surface area contributed by atoms with E-state index in [-0.39, 0.29) is 0 Å². The summed E-state index contributed by atoms with van der Waals surface area (Å²) in [6, 6.07) is 13.5. The van der Waals surface area contributed by atoms with Gasteiger partial charge in [-0.25, -0.2) is 0 Å². The molecule has 0 atom stereocenters. The summed E-state index contributed by atoms with van der Waals surface area (Å²) < 4.78 is 0. The van der Waals surface area contributed by atoms with Gasteiger partial charge in [-0.05, 0) is 35.0 Å². The lowest BCUT2D eigenvalue weighted by molar-refractivity contribution is 0.100. The van der Waals surface area contributed by atoms with Crippen molar-refractivity contribution in [2.45, 2.75) is 0 Å². The molecule has 5 nitrogen and oxygen atoms in total. The lowest BCUT2D eigenvalue weighted by Gasteiger charge is -2.00. The third kappa shape index (κ3) is 3.10. The van der Waals surface area contributed by atoms with Gasteiger partial charge in [0.05, 0.1) is 11.3 Å². The molecule has 0 aromatic heterocycles. The molecular weight excluding hydrogens is 242 g/mol. The smallest absolute Gasteiger partial charge is 0.250 e. The van der Waals surface area contributed by atoms with Gasteiger partial charge in [0.25, 0.3) is 5.91 Å². The molecule has 19 heavy (non-hydrogen) atoms. The van der Waals surface area contributed by atoms with Gasteiger partial charge in [0.1, 0.15) is 5.69 Å². The van der Waals surface area contributed by atoms with Crippen LogP contribution in [0.25, 0.3) is 0 Å². The number of aliphatic imine (C=N–C) groups is 1. The molecule has 0 spiro atoms. The third-order valence-corrected chi connectivity index (χ3v) is 2.50. The van der Waals surface area contributed by atoms with Gasteiger partial charge in [-0.2, -0.15) is 0 Å². The number of benzene rings is 2. The Bertz CT molecular complexity index is 651. The van der Waals surface area contributed by atoms with E-state index in [0.717, 1.165) is 5.56 Å². The van der Waals surface area contributed by atoms with Crippen LogP contribution >= 0.6 is 0 Å². The first kappa shape index (κ1) is 12.6. The van der Waals surface area contributed by atoms with Crippen molar-refractivity contribution in [1.29, 1.82) is 0 Å². The number of para-hydroxylation sites is 1. The minimum Gasteiger partial charge on any atom is -0.366 e. The lowest BCUT2D eigenvalue weighted by atomic mass is 10.1. The average molecular weight is 253 g/mol. The summed E-state index contributed by atoms with van der Waals surface area (Å²) in [6.45, 7) is 0. The van der Waals surface area contributed by atoms with Gasteiger partial charge in [0.2, 0.25) is 0 Å². The first-order valence-corrected chi connectivity index (χ1v) is 5.57. The van der Waals surface area contributed by atoms with E-state index in [9.17, 15) is 9.70 Å². The molecule has 2 rings (SSSR count). The number of primary amides is 1. The number of carbonyl (C=O) groups is 1. The van der Waals surface area contributed by atoms with E-state index in [0.29, 0.717) is 16.9 Å². The minimum absolute atomic E-state index is 0.326. The van der Waals surface area contributed by atoms with Gasteiger partial charge in [-0.15, -0.1) is 4.91 Å². The summed E-state index contributed by atoms with van der Waals surface area (Å²) in [7, 11) is 0. The number of amides is 1. The molecule has 1 amide bonds. The van der Waals surface area contributed by atoms with Gasteiger partial charge in [-0.3, -0.25) is 9.79 Å². The maximum atomic E-state index is 11.2. The van der Waals surface area contributed by atoms with Crippen molar-refractivity contribution in [3.63, 3.8) is 0 Å². The van der Waals surface area contributed by atoms with Crippen molar-refractivity contribution in [3.8, 4) is 0 Å². The van der Waals surface area contributed by atoms with Gasteiger partial charge >= 0.3 is 0 Å². The lowest BCUT2D eigenvalue weighted by Crippen LogP contribution is -2.10. The SMILES string of the molecule is NC(=O)c1ccccc1N=Cc1cccc(N=O)c1. The molecule has 2 aromatic rings. The highest BCUT2D eigenvalue weighted by Crippen LogP contribution is 2.18. The highest BCUT2D eigenvalue weighted by Gasteiger charge is 2.04. The number of carbonyl (C=O) groups excluding carboxylic acids is 1. The van der Waals surface area contributed by atoms with Gasteiger partial charge in [0, 0.05) is 6.21 Å². The van der Waals surface area contributed by atoms with E-state index in [1.54, 1.807) is 54.7 Å². The second-order valence-electron chi connectivity index (χ2n) is 3.83. The first-order chi connectivity index (χ1) is 9.20. The molecule has 0 aliphatic carbocycles. The summed E-state index contributed by atoms with van der Waals surface area (Å²) in [6.07, 6.45) is 1.55. The van der Waals surface area contributed by atoms with Crippen molar-refractivity contribution in [2.24, 2.45) is 15.9 Å². The Balaban J connectivity index is 2.32. The van der Waals surface area contributed by atoms with E-state index in [4.69, 9.17) is 5.73 Å². The predicted octanol–water partition coefficient (Wildman–Crippen LogP) is 2.93. The summed E-state index contributed by atoms with van der Waals surface area (Å²) in [4.78, 5) is 25.8. The van der Waals surface area contributed by atoms with E-state index in [2.05, 4.69) is 10.2 Å². The highest BCUT2D eigenvalue weighted by molar-refractivity contribution is 5.98. The Hall–Kier alpha value is -2.82. The van der Waals surface area contributed by atoms with Crippen LogP contribution in [-0.2, 0) is 0 Å². The molecule has 0 saturated heterocycles. The van der Waals surface area contributed by atoms with Crippen LogP contribution in [0.2, 0.25) is 0 Å². The maximum absolute atomic E-state index is 11.2. The zero-order chi connectivity index (χ0) is 13.7. The Morgan fingerprint density at radius 2 is 1.89 bits per heavy atom. The molecule has 94 valence electrons. The van der Waals surface area contributed by atoms with Crippen molar-refractivity contribution < 1.29 is 4.79 Å². The van der Waals surface area contributed by atoms with Crippen LogP contribution in [-0.4, -0.2) is 12.1 Å². The number of rotatable bonds is 4. The Morgan fingerprint density at radius 3 is 2.63 bits per heavy atom. The van der Waals surface area contributed by atoms with E-state index in [1.807, 2.05) is 0 Å². The monoisotopic (exact) mass is 253 g/mol. The van der Waals surface area contributed by atoms with Crippen LogP contribution < -0.4 is 5.73 Å². The van der Waals surface area contributed by atoms with Crippen molar-refractivity contribution >= 4 is 23.5 Å². The quantitative estimate of drug-likeness (QED) is 0.671. The van der Waals surface area contributed by atoms with E-state index in [1.165, 1.54) is 0 Å². The zero-order valence-electron chi connectivity index (χ0n) is 9.98. The first-order valence-electron chi connectivity index (χ1n) is 5.57. The minimum atomic E-state index is -0.531. The number of nitrogens with two attached hydrogens (primary N) is 1. The fourth-order valence-corrected chi connectivity index (χ4v) is 1.60. The van der Waals surface area contributed by atoms with Crippen LogP contribution in [0.3, 0.4) is 0 Å². The largest absolute Gasteiger partial charge is 0.366 e. The molecule has 0 aliphatic heterocycles. The van der Waals surface area contributed by atoms with Gasteiger partial charge < -0.3 is 5.73 Å². The molecule has 5 heteroatoms. The number of hydrogen-bond donors (Lipinski definition) is 1. The number of nitrogens with zero attached hydrogens (tertiary/aromatic N) is 2. The Kier molecular flexibility index (Phi) is 3.78. The highest BCUT2D eigenvalue weighted by atomic mass is 16.3. The average Bonchev–Trinajstić information content (AvgIpc) is 2.45. The fourth-order valence-electron chi connectivity index (χ4n) is 1.60. The molecule has 0 fully saturated rings. The molecular formula is C14H11N3O2. The summed E-state index contributed by atoms with van der Waals surface area (Å²) in [5.74, 6) is -0.531.